The number of aromatic nitrogens is 1. The summed E-state index contributed by atoms with van der Waals surface area (Å²) in [6.45, 7) is 10.5. The van der Waals surface area contributed by atoms with E-state index in [2.05, 4.69) is 60.2 Å². The summed E-state index contributed by atoms with van der Waals surface area (Å²) in [6.07, 6.45) is 4.59. The van der Waals surface area contributed by atoms with Crippen LogP contribution < -0.4 is 5.32 Å². The SMILES string of the molecule is CC[C@@H](NC(=O)N1CCN(Cc2cccnc2)CC1)c1ccc(C)c(C)c1. The molecule has 144 valence electrons. The van der Waals surface area contributed by atoms with E-state index in [0.717, 1.165) is 39.1 Å². The highest BCUT2D eigenvalue weighted by Gasteiger charge is 2.23. The van der Waals surface area contributed by atoms with Gasteiger partial charge >= 0.3 is 6.03 Å². The molecule has 0 radical (unpaired) electrons. The Morgan fingerprint density at radius 1 is 1.15 bits per heavy atom. The Balaban J connectivity index is 1.53. The van der Waals surface area contributed by atoms with Gasteiger partial charge in [0.2, 0.25) is 0 Å². The predicted molar refractivity (Wildman–Crippen MR) is 109 cm³/mol. The number of urea groups is 1. The number of amides is 2. The molecular weight excluding hydrogens is 336 g/mol. The molecule has 2 amide bonds. The summed E-state index contributed by atoms with van der Waals surface area (Å²) in [6, 6.07) is 10.6. The average Bonchev–Trinajstić information content (AvgIpc) is 2.69. The number of rotatable bonds is 5. The van der Waals surface area contributed by atoms with Crippen molar-refractivity contribution in [3.8, 4) is 0 Å². The minimum atomic E-state index is 0.0427. The van der Waals surface area contributed by atoms with Crippen LogP contribution in [0.15, 0.2) is 42.7 Å². The molecule has 1 atom stereocenters. The zero-order chi connectivity index (χ0) is 19.2. The molecule has 1 fully saturated rings. The van der Waals surface area contributed by atoms with Gasteiger partial charge in [-0.05, 0) is 48.6 Å². The van der Waals surface area contributed by atoms with Gasteiger partial charge in [-0.15, -0.1) is 0 Å². The second-order valence-corrected chi connectivity index (χ2v) is 7.38. The van der Waals surface area contributed by atoms with Crippen LogP contribution in [0.1, 0.15) is 41.6 Å². The topological polar surface area (TPSA) is 48.5 Å². The fourth-order valence-electron chi connectivity index (χ4n) is 3.50. The highest BCUT2D eigenvalue weighted by Crippen LogP contribution is 2.20. The second kappa shape index (κ2) is 9.00. The van der Waals surface area contributed by atoms with E-state index in [4.69, 9.17) is 0 Å². The molecule has 1 aromatic carbocycles. The van der Waals surface area contributed by atoms with Gasteiger partial charge < -0.3 is 10.2 Å². The molecule has 1 aliphatic rings. The van der Waals surface area contributed by atoms with Crippen LogP contribution in [-0.4, -0.2) is 47.0 Å². The lowest BCUT2D eigenvalue weighted by Crippen LogP contribution is -2.51. The molecule has 0 unspecified atom stereocenters. The van der Waals surface area contributed by atoms with E-state index in [9.17, 15) is 4.79 Å². The lowest BCUT2D eigenvalue weighted by Gasteiger charge is -2.35. The van der Waals surface area contributed by atoms with Crippen molar-refractivity contribution >= 4 is 6.03 Å². The van der Waals surface area contributed by atoms with Crippen LogP contribution in [0.5, 0.6) is 0 Å². The van der Waals surface area contributed by atoms with Gasteiger partial charge in [-0.1, -0.05) is 31.2 Å². The van der Waals surface area contributed by atoms with Gasteiger partial charge in [0, 0.05) is 45.1 Å². The first kappa shape index (κ1) is 19.4. The first-order chi connectivity index (χ1) is 13.1. The summed E-state index contributed by atoms with van der Waals surface area (Å²) in [4.78, 5) is 21.2. The van der Waals surface area contributed by atoms with E-state index in [1.54, 1.807) is 6.20 Å². The monoisotopic (exact) mass is 366 g/mol. The largest absolute Gasteiger partial charge is 0.331 e. The van der Waals surface area contributed by atoms with Gasteiger partial charge in [0.15, 0.2) is 0 Å². The number of nitrogens with one attached hydrogen (secondary N) is 1. The number of pyridine rings is 1. The van der Waals surface area contributed by atoms with Gasteiger partial charge in [-0.25, -0.2) is 4.79 Å². The summed E-state index contributed by atoms with van der Waals surface area (Å²) >= 11 is 0. The molecule has 0 aliphatic carbocycles. The third-order valence-electron chi connectivity index (χ3n) is 5.43. The Morgan fingerprint density at radius 2 is 1.93 bits per heavy atom. The molecular formula is C22H30N4O. The molecule has 1 aliphatic heterocycles. The number of carbonyl (C=O) groups excluding carboxylic acids is 1. The molecule has 2 aromatic rings. The van der Waals surface area contributed by atoms with Crippen molar-refractivity contribution in [2.24, 2.45) is 0 Å². The molecule has 5 heteroatoms. The normalized spacial score (nSPS) is 16.2. The Hall–Kier alpha value is -2.40. The third kappa shape index (κ3) is 5.07. The average molecular weight is 367 g/mol. The number of hydrogen-bond donors (Lipinski definition) is 1. The van der Waals surface area contributed by atoms with Crippen LogP contribution in [0, 0.1) is 13.8 Å². The quantitative estimate of drug-likeness (QED) is 0.878. The molecule has 27 heavy (non-hydrogen) atoms. The molecule has 1 aromatic heterocycles. The smallest absolute Gasteiger partial charge is 0.317 e. The molecule has 5 nitrogen and oxygen atoms in total. The van der Waals surface area contributed by atoms with E-state index in [1.807, 2.05) is 17.2 Å². The molecule has 0 bridgehead atoms. The van der Waals surface area contributed by atoms with Crippen molar-refractivity contribution in [1.29, 1.82) is 0 Å². The van der Waals surface area contributed by atoms with Gasteiger partial charge in [-0.2, -0.15) is 0 Å². The van der Waals surface area contributed by atoms with Gasteiger partial charge in [0.25, 0.3) is 0 Å². The van der Waals surface area contributed by atoms with Crippen LogP contribution in [-0.2, 0) is 6.54 Å². The van der Waals surface area contributed by atoms with Crippen LogP contribution in [0.2, 0.25) is 0 Å². The van der Waals surface area contributed by atoms with Crippen molar-refractivity contribution < 1.29 is 4.79 Å². The van der Waals surface area contributed by atoms with Crippen molar-refractivity contribution in [1.82, 2.24) is 20.1 Å². The molecule has 3 rings (SSSR count). The maximum Gasteiger partial charge on any atom is 0.317 e. The zero-order valence-electron chi connectivity index (χ0n) is 16.6. The van der Waals surface area contributed by atoms with Crippen molar-refractivity contribution in [3.05, 3.63) is 65.0 Å². The predicted octanol–water partition coefficient (Wildman–Crippen LogP) is 3.68. The van der Waals surface area contributed by atoms with E-state index < -0.39 is 0 Å². The van der Waals surface area contributed by atoms with Gasteiger partial charge in [0.1, 0.15) is 0 Å². The standard InChI is InChI=1S/C22H30N4O/c1-4-21(20-8-7-17(2)18(3)14-20)24-22(27)26-12-10-25(11-13-26)16-19-6-5-9-23-15-19/h5-9,14-15,21H,4,10-13,16H2,1-3H3,(H,24,27)/t21-/m1/s1. The number of piperazine rings is 1. The maximum absolute atomic E-state index is 12.7. The lowest BCUT2D eigenvalue weighted by atomic mass is 9.99. The van der Waals surface area contributed by atoms with E-state index in [1.165, 1.54) is 22.3 Å². The number of aryl methyl sites for hydroxylation is 2. The summed E-state index contributed by atoms with van der Waals surface area (Å²) < 4.78 is 0. The van der Waals surface area contributed by atoms with Crippen LogP contribution in [0.25, 0.3) is 0 Å². The van der Waals surface area contributed by atoms with Crippen LogP contribution in [0.4, 0.5) is 4.79 Å². The minimum absolute atomic E-state index is 0.0427. The van der Waals surface area contributed by atoms with Crippen molar-refractivity contribution in [3.63, 3.8) is 0 Å². The number of hydrogen-bond acceptors (Lipinski definition) is 3. The summed E-state index contributed by atoms with van der Waals surface area (Å²) in [7, 11) is 0. The maximum atomic E-state index is 12.7. The van der Waals surface area contributed by atoms with E-state index in [-0.39, 0.29) is 12.1 Å². The highest BCUT2D eigenvalue weighted by atomic mass is 16.2. The van der Waals surface area contributed by atoms with Crippen LogP contribution in [0.3, 0.4) is 0 Å². The van der Waals surface area contributed by atoms with Crippen LogP contribution >= 0.6 is 0 Å². The Morgan fingerprint density at radius 3 is 2.56 bits per heavy atom. The first-order valence-corrected chi connectivity index (χ1v) is 9.80. The Bertz CT molecular complexity index is 754. The van der Waals surface area contributed by atoms with Crippen molar-refractivity contribution in [2.75, 3.05) is 26.2 Å². The molecule has 1 N–H and O–H groups in total. The molecule has 0 spiro atoms. The summed E-state index contributed by atoms with van der Waals surface area (Å²) in [5.74, 6) is 0. The molecule has 2 heterocycles. The van der Waals surface area contributed by atoms with Gasteiger partial charge in [0.05, 0.1) is 6.04 Å². The molecule has 0 saturated carbocycles. The number of carbonyl (C=O) groups is 1. The van der Waals surface area contributed by atoms with E-state index in [0.29, 0.717) is 0 Å². The number of benzene rings is 1. The van der Waals surface area contributed by atoms with E-state index >= 15 is 0 Å². The first-order valence-electron chi connectivity index (χ1n) is 9.80. The van der Waals surface area contributed by atoms with Crippen molar-refractivity contribution in [2.45, 2.75) is 39.8 Å². The second-order valence-electron chi connectivity index (χ2n) is 7.38. The third-order valence-corrected chi connectivity index (χ3v) is 5.43. The fraction of sp³-hybridized carbons (Fsp3) is 0.455. The fourth-order valence-corrected chi connectivity index (χ4v) is 3.50. The minimum Gasteiger partial charge on any atom is -0.331 e. The Labute approximate surface area is 162 Å². The van der Waals surface area contributed by atoms with Gasteiger partial charge in [-0.3, -0.25) is 9.88 Å². The lowest BCUT2D eigenvalue weighted by molar-refractivity contribution is 0.133. The highest BCUT2D eigenvalue weighted by molar-refractivity contribution is 5.75. The molecule has 1 saturated heterocycles. The summed E-state index contributed by atoms with van der Waals surface area (Å²) in [5, 5.41) is 3.22. The zero-order valence-corrected chi connectivity index (χ0v) is 16.6. The Kier molecular flexibility index (Phi) is 6.45. The number of nitrogens with zero attached hydrogens (tertiary/aromatic N) is 3. The summed E-state index contributed by atoms with van der Waals surface area (Å²) in [5.41, 5.74) is 4.95.